The number of imidazole rings is 1. The summed E-state index contributed by atoms with van der Waals surface area (Å²) in [7, 11) is 1.61. The topological polar surface area (TPSA) is 29.9 Å². The summed E-state index contributed by atoms with van der Waals surface area (Å²) in [6, 6.07) is 10.2. The lowest BCUT2D eigenvalue weighted by Gasteiger charge is -2.07. The molecular formula is C14H10BrFN2OS. The molecule has 3 rings (SSSR count). The van der Waals surface area contributed by atoms with Crippen LogP contribution in [0.25, 0.3) is 16.7 Å². The number of H-pyrrole nitrogens is 1. The van der Waals surface area contributed by atoms with Crippen molar-refractivity contribution in [3.05, 3.63) is 51.5 Å². The highest BCUT2D eigenvalue weighted by Crippen LogP contribution is 2.28. The number of nitrogens with zero attached hydrogens (tertiary/aromatic N) is 1. The number of halogens is 2. The van der Waals surface area contributed by atoms with Crippen LogP contribution >= 0.6 is 28.1 Å². The summed E-state index contributed by atoms with van der Waals surface area (Å²) >= 11 is 8.73. The van der Waals surface area contributed by atoms with Crippen LogP contribution in [0, 0.1) is 10.6 Å². The van der Waals surface area contributed by atoms with Gasteiger partial charge in [0, 0.05) is 10.5 Å². The maximum atomic E-state index is 13.2. The van der Waals surface area contributed by atoms with E-state index in [0.717, 1.165) is 22.5 Å². The smallest absolute Gasteiger partial charge is 0.182 e. The molecule has 1 aromatic heterocycles. The Kier molecular flexibility index (Phi) is 3.35. The van der Waals surface area contributed by atoms with E-state index in [0.29, 0.717) is 9.24 Å². The Morgan fingerprint density at radius 2 is 2.05 bits per heavy atom. The summed E-state index contributed by atoms with van der Waals surface area (Å²) in [4.78, 5) is 3.13. The van der Waals surface area contributed by atoms with Gasteiger partial charge in [0.1, 0.15) is 11.6 Å². The summed E-state index contributed by atoms with van der Waals surface area (Å²) in [6.07, 6.45) is 0. The van der Waals surface area contributed by atoms with Gasteiger partial charge in [-0.1, -0.05) is 0 Å². The SMILES string of the molecule is COc1ccc2c(c1)[nH]c(=S)n2-c1ccc(F)cc1Br. The van der Waals surface area contributed by atoms with Crippen molar-refractivity contribution in [2.24, 2.45) is 0 Å². The Morgan fingerprint density at radius 1 is 1.25 bits per heavy atom. The van der Waals surface area contributed by atoms with E-state index in [9.17, 15) is 4.39 Å². The Hall–Kier alpha value is -1.66. The molecule has 1 heterocycles. The lowest BCUT2D eigenvalue weighted by Crippen LogP contribution is -1.95. The summed E-state index contributed by atoms with van der Waals surface area (Å²) in [5.41, 5.74) is 2.56. The zero-order valence-electron chi connectivity index (χ0n) is 10.5. The minimum Gasteiger partial charge on any atom is -0.497 e. The number of aromatic amines is 1. The van der Waals surface area contributed by atoms with E-state index >= 15 is 0 Å². The normalized spacial score (nSPS) is 10.9. The number of fused-ring (bicyclic) bond motifs is 1. The molecule has 0 aliphatic carbocycles. The third-order valence-corrected chi connectivity index (χ3v) is 3.96. The van der Waals surface area contributed by atoms with E-state index in [-0.39, 0.29) is 5.82 Å². The molecule has 0 saturated carbocycles. The number of methoxy groups -OCH3 is 1. The fraction of sp³-hybridized carbons (Fsp3) is 0.0714. The molecule has 6 heteroatoms. The molecule has 0 aliphatic heterocycles. The predicted molar refractivity (Wildman–Crippen MR) is 82.7 cm³/mol. The van der Waals surface area contributed by atoms with Crippen molar-refractivity contribution in [1.29, 1.82) is 0 Å². The van der Waals surface area contributed by atoms with Crippen LogP contribution in [-0.2, 0) is 0 Å². The zero-order valence-corrected chi connectivity index (χ0v) is 12.9. The van der Waals surface area contributed by atoms with Gasteiger partial charge in [-0.25, -0.2) is 4.39 Å². The highest BCUT2D eigenvalue weighted by molar-refractivity contribution is 9.10. The number of hydrogen-bond donors (Lipinski definition) is 1. The molecule has 0 radical (unpaired) electrons. The van der Waals surface area contributed by atoms with Gasteiger partial charge in [-0.05, 0) is 58.5 Å². The van der Waals surface area contributed by atoms with Crippen molar-refractivity contribution in [2.75, 3.05) is 7.11 Å². The molecule has 3 aromatic rings. The maximum Gasteiger partial charge on any atom is 0.182 e. The van der Waals surface area contributed by atoms with Crippen LogP contribution in [0.15, 0.2) is 40.9 Å². The Bertz CT molecular complexity index is 856. The van der Waals surface area contributed by atoms with E-state index in [1.54, 1.807) is 13.2 Å². The van der Waals surface area contributed by atoms with Crippen LogP contribution in [0.4, 0.5) is 4.39 Å². The molecule has 20 heavy (non-hydrogen) atoms. The predicted octanol–water partition coefficient (Wildman–Crippen LogP) is 4.60. The van der Waals surface area contributed by atoms with Gasteiger partial charge in [-0.2, -0.15) is 0 Å². The average molecular weight is 353 g/mol. The molecule has 0 bridgehead atoms. The third kappa shape index (κ3) is 2.14. The van der Waals surface area contributed by atoms with Crippen LogP contribution in [0.3, 0.4) is 0 Å². The van der Waals surface area contributed by atoms with E-state index in [4.69, 9.17) is 17.0 Å². The number of nitrogens with one attached hydrogen (secondary N) is 1. The first-order chi connectivity index (χ1) is 9.60. The Balaban J connectivity index is 2.31. The monoisotopic (exact) mass is 352 g/mol. The van der Waals surface area contributed by atoms with Gasteiger partial charge in [0.25, 0.3) is 0 Å². The van der Waals surface area contributed by atoms with Crippen LogP contribution < -0.4 is 4.74 Å². The van der Waals surface area contributed by atoms with Crippen LogP contribution in [0.2, 0.25) is 0 Å². The molecule has 0 unspecified atom stereocenters. The second-order valence-electron chi connectivity index (χ2n) is 4.24. The van der Waals surface area contributed by atoms with Gasteiger partial charge in [-0.15, -0.1) is 0 Å². The van der Waals surface area contributed by atoms with Crippen molar-refractivity contribution >= 4 is 39.2 Å². The van der Waals surface area contributed by atoms with E-state index in [2.05, 4.69) is 20.9 Å². The standard InChI is InChI=1S/C14H10BrFN2OS/c1-19-9-3-5-13-11(7-9)17-14(20)18(13)12-4-2-8(16)6-10(12)15/h2-7H,1H3,(H,17,20). The highest BCUT2D eigenvalue weighted by atomic mass is 79.9. The largest absolute Gasteiger partial charge is 0.497 e. The minimum absolute atomic E-state index is 0.298. The first-order valence-electron chi connectivity index (χ1n) is 5.84. The maximum absolute atomic E-state index is 13.2. The lowest BCUT2D eigenvalue weighted by molar-refractivity contribution is 0.415. The van der Waals surface area contributed by atoms with Crippen molar-refractivity contribution in [3.8, 4) is 11.4 Å². The number of rotatable bonds is 2. The average Bonchev–Trinajstić information content (AvgIpc) is 2.74. The van der Waals surface area contributed by atoms with E-state index in [1.165, 1.54) is 12.1 Å². The summed E-state index contributed by atoms with van der Waals surface area (Å²) in [5.74, 6) is 0.452. The van der Waals surface area contributed by atoms with Gasteiger partial charge in [0.15, 0.2) is 4.77 Å². The third-order valence-electron chi connectivity index (χ3n) is 3.04. The number of hydrogen-bond acceptors (Lipinski definition) is 2. The van der Waals surface area contributed by atoms with Crippen LogP contribution in [0.5, 0.6) is 5.75 Å². The van der Waals surface area contributed by atoms with Gasteiger partial charge in [-0.3, -0.25) is 4.57 Å². The van der Waals surface area contributed by atoms with Gasteiger partial charge >= 0.3 is 0 Å². The first-order valence-corrected chi connectivity index (χ1v) is 7.04. The molecular weight excluding hydrogens is 343 g/mol. The summed E-state index contributed by atoms with van der Waals surface area (Å²) in [6.45, 7) is 0. The van der Waals surface area contributed by atoms with Gasteiger partial charge in [0.05, 0.1) is 23.8 Å². The molecule has 102 valence electrons. The second-order valence-corrected chi connectivity index (χ2v) is 5.49. The second kappa shape index (κ2) is 5.03. The molecule has 0 saturated heterocycles. The summed E-state index contributed by atoms with van der Waals surface area (Å²) in [5, 5.41) is 0. The van der Waals surface area contributed by atoms with E-state index < -0.39 is 0 Å². The quantitative estimate of drug-likeness (QED) is 0.683. The van der Waals surface area contributed by atoms with Crippen molar-refractivity contribution in [1.82, 2.24) is 9.55 Å². The molecule has 0 atom stereocenters. The van der Waals surface area contributed by atoms with Crippen molar-refractivity contribution in [3.63, 3.8) is 0 Å². The lowest BCUT2D eigenvalue weighted by atomic mass is 10.2. The number of aromatic nitrogens is 2. The number of ether oxygens (including phenoxy) is 1. The number of benzene rings is 2. The van der Waals surface area contributed by atoms with Gasteiger partial charge < -0.3 is 9.72 Å². The molecule has 1 N–H and O–H groups in total. The minimum atomic E-state index is -0.298. The molecule has 0 aliphatic rings. The molecule has 0 spiro atoms. The molecule has 0 amide bonds. The zero-order chi connectivity index (χ0) is 14.3. The van der Waals surface area contributed by atoms with Crippen LogP contribution in [-0.4, -0.2) is 16.7 Å². The molecule has 0 fully saturated rings. The Morgan fingerprint density at radius 3 is 2.75 bits per heavy atom. The molecule has 2 aromatic carbocycles. The van der Waals surface area contributed by atoms with E-state index in [1.807, 2.05) is 22.8 Å². The summed E-state index contributed by atoms with van der Waals surface area (Å²) < 4.78 is 21.4. The highest BCUT2D eigenvalue weighted by Gasteiger charge is 2.10. The van der Waals surface area contributed by atoms with Gasteiger partial charge in [0.2, 0.25) is 0 Å². The fourth-order valence-electron chi connectivity index (χ4n) is 2.12. The van der Waals surface area contributed by atoms with Crippen molar-refractivity contribution < 1.29 is 9.13 Å². The Labute approximate surface area is 128 Å². The molecule has 3 nitrogen and oxygen atoms in total. The van der Waals surface area contributed by atoms with Crippen LogP contribution in [0.1, 0.15) is 0 Å². The fourth-order valence-corrected chi connectivity index (χ4v) is 2.95. The first kappa shape index (κ1) is 13.3. The van der Waals surface area contributed by atoms with Crippen molar-refractivity contribution in [2.45, 2.75) is 0 Å².